The minimum Gasteiger partial charge on any atom is -0.368 e. The summed E-state index contributed by atoms with van der Waals surface area (Å²) in [5, 5.41) is 0. The highest BCUT2D eigenvalue weighted by atomic mass is 16.1. The smallest absolute Gasteiger partial charge is 0.242 e. The summed E-state index contributed by atoms with van der Waals surface area (Å²) >= 11 is 0. The van der Waals surface area contributed by atoms with Crippen LogP contribution in [0.2, 0.25) is 0 Å². The molecule has 1 aromatic carbocycles. The molecule has 1 aromatic rings. The number of hydrogen-bond donors (Lipinski definition) is 1. The van der Waals surface area contributed by atoms with E-state index in [-0.39, 0.29) is 5.91 Å². The molecule has 0 aliphatic carbocycles. The van der Waals surface area contributed by atoms with E-state index in [9.17, 15) is 4.79 Å². The van der Waals surface area contributed by atoms with E-state index in [2.05, 4.69) is 4.90 Å². The summed E-state index contributed by atoms with van der Waals surface area (Å²) in [7, 11) is 0. The Morgan fingerprint density at radius 3 is 2.29 bits per heavy atom. The Kier molecular flexibility index (Phi) is 3.48. The summed E-state index contributed by atoms with van der Waals surface area (Å²) < 4.78 is 0. The maximum atomic E-state index is 11.9. The predicted molar refractivity (Wildman–Crippen MR) is 68.4 cm³/mol. The van der Waals surface area contributed by atoms with Crippen molar-refractivity contribution in [2.75, 3.05) is 13.1 Å². The van der Waals surface area contributed by atoms with Gasteiger partial charge in [-0.3, -0.25) is 9.69 Å². The Hall–Kier alpha value is -1.35. The standard InChI is InChI=1S/C14H20N2O/c1-14(13(15)17,12-8-4-2-5-9-12)16-10-6-3-7-11-16/h2,4-5,8-9H,3,6-7,10-11H2,1H3,(H2,15,17). The minimum atomic E-state index is -0.665. The fraction of sp³-hybridized carbons (Fsp3) is 0.500. The Bertz CT molecular complexity index is 384. The van der Waals surface area contributed by atoms with Crippen molar-refractivity contribution < 1.29 is 4.79 Å². The molecule has 17 heavy (non-hydrogen) atoms. The number of carbonyl (C=O) groups excluding carboxylic acids is 1. The second-order valence-electron chi connectivity index (χ2n) is 4.85. The van der Waals surface area contributed by atoms with Crippen LogP contribution < -0.4 is 5.73 Å². The molecule has 3 nitrogen and oxygen atoms in total. The van der Waals surface area contributed by atoms with Gasteiger partial charge >= 0.3 is 0 Å². The molecule has 1 fully saturated rings. The molecule has 0 aromatic heterocycles. The van der Waals surface area contributed by atoms with Crippen molar-refractivity contribution in [1.82, 2.24) is 4.90 Å². The lowest BCUT2D eigenvalue weighted by Crippen LogP contribution is -2.54. The van der Waals surface area contributed by atoms with E-state index < -0.39 is 5.54 Å². The second kappa shape index (κ2) is 4.88. The zero-order valence-electron chi connectivity index (χ0n) is 10.4. The number of likely N-dealkylation sites (tertiary alicyclic amines) is 1. The van der Waals surface area contributed by atoms with Crippen LogP contribution in [-0.2, 0) is 10.3 Å². The zero-order chi connectivity index (χ0) is 12.3. The average molecular weight is 232 g/mol. The van der Waals surface area contributed by atoms with Gasteiger partial charge in [0.2, 0.25) is 5.91 Å². The molecule has 1 aliphatic rings. The van der Waals surface area contributed by atoms with Crippen molar-refractivity contribution in [2.45, 2.75) is 31.7 Å². The van der Waals surface area contributed by atoms with Gasteiger partial charge in [0.05, 0.1) is 0 Å². The van der Waals surface area contributed by atoms with Crippen LogP contribution >= 0.6 is 0 Å². The molecule has 0 radical (unpaired) electrons. The molecule has 0 spiro atoms. The number of amides is 1. The maximum absolute atomic E-state index is 11.9. The Balaban J connectivity index is 2.35. The lowest BCUT2D eigenvalue weighted by atomic mass is 9.87. The Morgan fingerprint density at radius 1 is 1.18 bits per heavy atom. The first-order chi connectivity index (χ1) is 8.15. The third-order valence-corrected chi connectivity index (χ3v) is 3.80. The zero-order valence-corrected chi connectivity index (χ0v) is 10.4. The molecule has 0 bridgehead atoms. The van der Waals surface area contributed by atoms with Crippen LogP contribution in [0.25, 0.3) is 0 Å². The first kappa shape index (κ1) is 12.1. The summed E-state index contributed by atoms with van der Waals surface area (Å²) in [5.74, 6) is -0.259. The van der Waals surface area contributed by atoms with Gasteiger partial charge in [0, 0.05) is 0 Å². The number of benzene rings is 1. The van der Waals surface area contributed by atoms with Crippen molar-refractivity contribution in [3.8, 4) is 0 Å². The van der Waals surface area contributed by atoms with Crippen LogP contribution in [0.15, 0.2) is 30.3 Å². The molecule has 1 unspecified atom stereocenters. The van der Waals surface area contributed by atoms with Gasteiger partial charge in [-0.05, 0) is 38.4 Å². The SMILES string of the molecule is CC(C(N)=O)(c1ccccc1)N1CCCCC1. The fourth-order valence-electron chi connectivity index (χ4n) is 2.58. The van der Waals surface area contributed by atoms with Gasteiger partial charge in [-0.25, -0.2) is 0 Å². The Morgan fingerprint density at radius 2 is 1.76 bits per heavy atom. The van der Waals surface area contributed by atoms with E-state index >= 15 is 0 Å². The predicted octanol–water partition coefficient (Wildman–Crippen LogP) is 1.87. The van der Waals surface area contributed by atoms with E-state index in [4.69, 9.17) is 5.73 Å². The number of piperidine rings is 1. The van der Waals surface area contributed by atoms with Gasteiger partial charge in [-0.2, -0.15) is 0 Å². The number of carbonyl (C=O) groups is 1. The normalized spacial score (nSPS) is 20.8. The largest absolute Gasteiger partial charge is 0.368 e. The van der Waals surface area contributed by atoms with Crippen LogP contribution in [0.3, 0.4) is 0 Å². The summed E-state index contributed by atoms with van der Waals surface area (Å²) in [6, 6.07) is 9.85. The molecule has 2 N–H and O–H groups in total. The van der Waals surface area contributed by atoms with Crippen LogP contribution in [0.4, 0.5) is 0 Å². The highest BCUT2D eigenvalue weighted by Crippen LogP contribution is 2.30. The lowest BCUT2D eigenvalue weighted by molar-refractivity contribution is -0.130. The topological polar surface area (TPSA) is 46.3 Å². The number of rotatable bonds is 3. The third kappa shape index (κ3) is 2.20. The van der Waals surface area contributed by atoms with Crippen molar-refractivity contribution in [3.05, 3.63) is 35.9 Å². The van der Waals surface area contributed by atoms with Crippen molar-refractivity contribution in [3.63, 3.8) is 0 Å². The van der Waals surface area contributed by atoms with E-state index in [0.717, 1.165) is 31.5 Å². The van der Waals surface area contributed by atoms with Gasteiger partial charge < -0.3 is 5.73 Å². The van der Waals surface area contributed by atoms with Gasteiger partial charge in [0.25, 0.3) is 0 Å². The number of nitrogens with two attached hydrogens (primary N) is 1. The molecule has 2 rings (SSSR count). The van der Waals surface area contributed by atoms with Gasteiger partial charge in [0.15, 0.2) is 0 Å². The molecule has 92 valence electrons. The Labute approximate surface area is 103 Å². The molecule has 1 heterocycles. The fourth-order valence-corrected chi connectivity index (χ4v) is 2.58. The molecule has 1 saturated heterocycles. The summed E-state index contributed by atoms with van der Waals surface area (Å²) in [5.41, 5.74) is 5.98. The van der Waals surface area contributed by atoms with E-state index in [0.29, 0.717) is 0 Å². The highest BCUT2D eigenvalue weighted by molar-refractivity contribution is 5.85. The quantitative estimate of drug-likeness (QED) is 0.864. The van der Waals surface area contributed by atoms with Crippen molar-refractivity contribution >= 4 is 5.91 Å². The molecular formula is C14H20N2O. The third-order valence-electron chi connectivity index (χ3n) is 3.80. The molecule has 3 heteroatoms. The van der Waals surface area contributed by atoms with Crippen LogP contribution in [-0.4, -0.2) is 23.9 Å². The van der Waals surface area contributed by atoms with Gasteiger partial charge in [0.1, 0.15) is 5.54 Å². The monoisotopic (exact) mass is 232 g/mol. The number of primary amides is 1. The molecule has 1 amide bonds. The van der Waals surface area contributed by atoms with Crippen LogP contribution in [0.5, 0.6) is 0 Å². The molecule has 1 atom stereocenters. The van der Waals surface area contributed by atoms with Crippen LogP contribution in [0, 0.1) is 0 Å². The van der Waals surface area contributed by atoms with Gasteiger partial charge in [-0.15, -0.1) is 0 Å². The van der Waals surface area contributed by atoms with E-state index in [1.807, 2.05) is 37.3 Å². The molecule has 1 aliphatic heterocycles. The second-order valence-corrected chi connectivity index (χ2v) is 4.85. The van der Waals surface area contributed by atoms with E-state index in [1.54, 1.807) is 0 Å². The summed E-state index contributed by atoms with van der Waals surface area (Å²) in [6.45, 7) is 3.85. The van der Waals surface area contributed by atoms with Crippen molar-refractivity contribution in [1.29, 1.82) is 0 Å². The lowest BCUT2D eigenvalue weighted by Gasteiger charge is -2.41. The number of nitrogens with zero attached hydrogens (tertiary/aromatic N) is 1. The van der Waals surface area contributed by atoms with Crippen LogP contribution in [0.1, 0.15) is 31.7 Å². The maximum Gasteiger partial charge on any atom is 0.242 e. The minimum absolute atomic E-state index is 0.259. The molecule has 0 saturated carbocycles. The van der Waals surface area contributed by atoms with Crippen molar-refractivity contribution in [2.24, 2.45) is 5.73 Å². The van der Waals surface area contributed by atoms with Gasteiger partial charge in [-0.1, -0.05) is 36.8 Å². The summed E-state index contributed by atoms with van der Waals surface area (Å²) in [4.78, 5) is 14.1. The highest BCUT2D eigenvalue weighted by Gasteiger charge is 2.39. The average Bonchev–Trinajstić information content (AvgIpc) is 2.39. The molecular weight excluding hydrogens is 212 g/mol. The summed E-state index contributed by atoms with van der Waals surface area (Å²) in [6.07, 6.45) is 3.55. The first-order valence-corrected chi connectivity index (χ1v) is 6.26. The first-order valence-electron chi connectivity index (χ1n) is 6.26. The van der Waals surface area contributed by atoms with E-state index in [1.165, 1.54) is 6.42 Å². The number of hydrogen-bond acceptors (Lipinski definition) is 2.